The van der Waals surface area contributed by atoms with Crippen molar-refractivity contribution < 1.29 is 18.3 Å². The van der Waals surface area contributed by atoms with Crippen LogP contribution < -0.4 is 5.73 Å². The molecule has 0 unspecified atom stereocenters. The topological polar surface area (TPSA) is 52.3 Å². The number of nitrogens with two attached hydrogens (primary N) is 1. The smallest absolute Gasteiger partial charge is 0.307 e. The highest BCUT2D eigenvalue weighted by atomic mass is 32.1. The lowest BCUT2D eigenvalue weighted by atomic mass is 10.1. The van der Waals surface area contributed by atoms with Crippen LogP contribution in [0.4, 0.5) is 8.78 Å². The molecule has 1 aromatic heterocycles. The zero-order valence-electron chi connectivity index (χ0n) is 11.4. The van der Waals surface area contributed by atoms with E-state index in [1.165, 1.54) is 11.3 Å². The number of rotatable bonds is 5. The highest BCUT2D eigenvalue weighted by Crippen LogP contribution is 2.33. The molecule has 0 amide bonds. The monoisotopic (exact) mass is 311 g/mol. The van der Waals surface area contributed by atoms with Crippen molar-refractivity contribution in [3.8, 4) is 10.4 Å². The molecule has 0 fully saturated rings. The van der Waals surface area contributed by atoms with Gasteiger partial charge in [0.15, 0.2) is 0 Å². The Morgan fingerprint density at radius 1 is 1.33 bits per heavy atom. The van der Waals surface area contributed by atoms with E-state index in [1.807, 2.05) is 0 Å². The number of hydrogen-bond acceptors (Lipinski definition) is 4. The van der Waals surface area contributed by atoms with Crippen LogP contribution in [0.5, 0.6) is 0 Å². The summed E-state index contributed by atoms with van der Waals surface area (Å²) in [6.07, 6.45) is 0.0550. The van der Waals surface area contributed by atoms with Crippen molar-refractivity contribution in [3.05, 3.63) is 46.8 Å². The lowest BCUT2D eigenvalue weighted by molar-refractivity contribution is -0.143. The molecule has 21 heavy (non-hydrogen) atoms. The van der Waals surface area contributed by atoms with Crippen LogP contribution in [0, 0.1) is 11.6 Å². The summed E-state index contributed by atoms with van der Waals surface area (Å²) >= 11 is 1.24. The minimum atomic E-state index is -0.514. The molecule has 1 aromatic carbocycles. The van der Waals surface area contributed by atoms with Crippen LogP contribution in [0.2, 0.25) is 0 Å². The fourth-order valence-corrected chi connectivity index (χ4v) is 2.91. The third kappa shape index (κ3) is 3.86. The summed E-state index contributed by atoms with van der Waals surface area (Å²) in [6, 6.07) is 6.17. The first-order chi connectivity index (χ1) is 10.0. The summed E-state index contributed by atoms with van der Waals surface area (Å²) in [7, 11) is 0. The molecule has 1 atom stereocenters. The number of thiophene rings is 1. The Balaban J connectivity index is 2.17. The molecule has 0 spiro atoms. The molecule has 3 nitrogen and oxygen atoms in total. The number of benzene rings is 1. The molecule has 2 N–H and O–H groups in total. The van der Waals surface area contributed by atoms with E-state index in [0.29, 0.717) is 11.5 Å². The summed E-state index contributed by atoms with van der Waals surface area (Å²) in [6.45, 7) is 2.02. The fraction of sp³-hybridized carbons (Fsp3) is 0.267. The summed E-state index contributed by atoms with van der Waals surface area (Å²) in [5, 5.41) is 0. The first kappa shape index (κ1) is 15.6. The van der Waals surface area contributed by atoms with E-state index in [-0.39, 0.29) is 18.0 Å². The van der Waals surface area contributed by atoms with Gasteiger partial charge in [-0.3, -0.25) is 4.79 Å². The lowest BCUT2D eigenvalue weighted by Gasteiger charge is -2.08. The lowest BCUT2D eigenvalue weighted by Crippen LogP contribution is -2.16. The molecule has 0 aliphatic heterocycles. The average molecular weight is 311 g/mol. The fourth-order valence-electron chi connectivity index (χ4n) is 1.88. The standard InChI is InChI=1S/C15H15F2NO2S/c1-2-20-15(19)8-12(18)14-6-5-13(21-14)10-7-9(16)3-4-11(10)17/h3-7,12H,2,8,18H2,1H3/t12-/m0/s1. The van der Waals surface area contributed by atoms with Crippen molar-refractivity contribution in [1.29, 1.82) is 0 Å². The average Bonchev–Trinajstić information content (AvgIpc) is 2.91. The van der Waals surface area contributed by atoms with Crippen molar-refractivity contribution >= 4 is 17.3 Å². The number of halogens is 2. The van der Waals surface area contributed by atoms with Gasteiger partial charge >= 0.3 is 5.97 Å². The largest absolute Gasteiger partial charge is 0.466 e. The first-order valence-corrected chi connectivity index (χ1v) is 7.29. The Morgan fingerprint density at radius 2 is 2.10 bits per heavy atom. The number of hydrogen-bond donors (Lipinski definition) is 1. The zero-order chi connectivity index (χ0) is 15.4. The van der Waals surface area contributed by atoms with Crippen molar-refractivity contribution in [2.24, 2.45) is 5.73 Å². The van der Waals surface area contributed by atoms with E-state index >= 15 is 0 Å². The van der Waals surface area contributed by atoms with Crippen LogP contribution >= 0.6 is 11.3 Å². The van der Waals surface area contributed by atoms with Gasteiger partial charge in [0.25, 0.3) is 0 Å². The predicted octanol–water partition coefficient (Wildman–Crippen LogP) is 3.65. The summed E-state index contributed by atoms with van der Waals surface area (Å²) < 4.78 is 31.8. The van der Waals surface area contributed by atoms with Crippen LogP contribution in [0.15, 0.2) is 30.3 Å². The van der Waals surface area contributed by atoms with Crippen LogP contribution in [0.1, 0.15) is 24.3 Å². The summed E-state index contributed by atoms with van der Waals surface area (Å²) in [5.74, 6) is -1.38. The van der Waals surface area contributed by atoms with Gasteiger partial charge in [-0.1, -0.05) is 0 Å². The van der Waals surface area contributed by atoms with Crippen LogP contribution in [0.25, 0.3) is 10.4 Å². The minimum absolute atomic E-state index is 0.0550. The van der Waals surface area contributed by atoms with E-state index in [0.717, 1.165) is 23.1 Å². The van der Waals surface area contributed by atoms with E-state index in [1.54, 1.807) is 19.1 Å². The van der Waals surface area contributed by atoms with E-state index in [4.69, 9.17) is 10.5 Å². The van der Waals surface area contributed by atoms with Crippen LogP contribution in [-0.2, 0) is 9.53 Å². The normalized spacial score (nSPS) is 12.2. The molecule has 0 aliphatic carbocycles. The Morgan fingerprint density at radius 3 is 2.81 bits per heavy atom. The van der Waals surface area contributed by atoms with E-state index in [2.05, 4.69) is 0 Å². The van der Waals surface area contributed by atoms with Gasteiger partial charge < -0.3 is 10.5 Å². The Kier molecular flexibility index (Phi) is 5.03. The summed E-state index contributed by atoms with van der Waals surface area (Å²) in [4.78, 5) is 12.7. The quantitative estimate of drug-likeness (QED) is 0.858. The minimum Gasteiger partial charge on any atom is -0.466 e. The van der Waals surface area contributed by atoms with Crippen molar-refractivity contribution in [2.75, 3.05) is 6.61 Å². The first-order valence-electron chi connectivity index (χ1n) is 6.47. The van der Waals surface area contributed by atoms with Crippen molar-refractivity contribution in [1.82, 2.24) is 0 Å². The van der Waals surface area contributed by atoms with Gasteiger partial charge in [-0.25, -0.2) is 8.78 Å². The maximum absolute atomic E-state index is 13.7. The van der Waals surface area contributed by atoms with Crippen molar-refractivity contribution in [2.45, 2.75) is 19.4 Å². The molecule has 2 aromatic rings. The van der Waals surface area contributed by atoms with E-state index in [9.17, 15) is 13.6 Å². The van der Waals surface area contributed by atoms with Gasteiger partial charge in [0.2, 0.25) is 0 Å². The molecular weight excluding hydrogens is 296 g/mol. The highest BCUT2D eigenvalue weighted by Gasteiger charge is 2.16. The second kappa shape index (κ2) is 6.78. The van der Waals surface area contributed by atoms with Crippen LogP contribution in [-0.4, -0.2) is 12.6 Å². The molecule has 0 aliphatic rings. The van der Waals surface area contributed by atoms with E-state index < -0.39 is 17.7 Å². The molecule has 112 valence electrons. The maximum atomic E-state index is 13.7. The molecule has 0 saturated heterocycles. The third-order valence-electron chi connectivity index (χ3n) is 2.88. The number of carbonyl (C=O) groups is 1. The van der Waals surface area contributed by atoms with Gasteiger partial charge in [0, 0.05) is 21.4 Å². The summed E-state index contributed by atoms with van der Waals surface area (Å²) in [5.41, 5.74) is 6.12. The second-order valence-corrected chi connectivity index (χ2v) is 5.56. The number of carbonyl (C=O) groups excluding carboxylic acids is 1. The van der Waals surface area contributed by atoms with Gasteiger partial charge in [0.1, 0.15) is 11.6 Å². The highest BCUT2D eigenvalue weighted by molar-refractivity contribution is 7.15. The van der Waals surface area contributed by atoms with Crippen LogP contribution in [0.3, 0.4) is 0 Å². The molecule has 2 rings (SSSR count). The van der Waals surface area contributed by atoms with Gasteiger partial charge in [0.05, 0.1) is 13.0 Å². The number of ether oxygens (including phenoxy) is 1. The molecule has 0 radical (unpaired) electrons. The van der Waals surface area contributed by atoms with Gasteiger partial charge in [-0.05, 0) is 37.3 Å². The zero-order valence-corrected chi connectivity index (χ0v) is 12.3. The maximum Gasteiger partial charge on any atom is 0.307 e. The molecule has 0 bridgehead atoms. The number of esters is 1. The molecule has 1 heterocycles. The molecule has 0 saturated carbocycles. The Hall–Kier alpha value is -1.79. The SMILES string of the molecule is CCOC(=O)C[C@H](N)c1ccc(-c2cc(F)ccc2F)s1. The third-order valence-corrected chi connectivity index (χ3v) is 4.13. The van der Waals surface area contributed by atoms with Gasteiger partial charge in [-0.2, -0.15) is 0 Å². The molecule has 6 heteroatoms. The predicted molar refractivity (Wildman–Crippen MR) is 77.8 cm³/mol. The molecular formula is C15H15F2NO2S. The second-order valence-electron chi connectivity index (χ2n) is 4.44. The Labute approximate surface area is 125 Å². The van der Waals surface area contributed by atoms with Crippen molar-refractivity contribution in [3.63, 3.8) is 0 Å². The van der Waals surface area contributed by atoms with Gasteiger partial charge in [-0.15, -0.1) is 11.3 Å². The Bertz CT molecular complexity index is 642.